The topological polar surface area (TPSA) is 23.8 Å². The van der Waals surface area contributed by atoms with Crippen LogP contribution in [0.4, 0.5) is 17.6 Å². The van der Waals surface area contributed by atoms with Crippen LogP contribution >= 0.6 is 0 Å². The molecule has 0 amide bonds. The number of halogens is 4. The SMILES string of the molecule is N#Cc1ccc(C(F)(F)C(F)(F)c2ccccc2)cc1. The smallest absolute Gasteiger partial charge is 0.194 e. The maximum absolute atomic E-state index is 14.0. The van der Waals surface area contributed by atoms with Crippen LogP contribution in [0.5, 0.6) is 0 Å². The number of nitriles is 1. The maximum Gasteiger partial charge on any atom is 0.339 e. The van der Waals surface area contributed by atoms with Crippen LogP contribution in [0.1, 0.15) is 16.7 Å². The highest BCUT2D eigenvalue weighted by Gasteiger charge is 2.58. The van der Waals surface area contributed by atoms with E-state index in [1.54, 1.807) is 6.07 Å². The second-order valence-electron chi connectivity index (χ2n) is 4.20. The predicted molar refractivity (Wildman–Crippen MR) is 65.4 cm³/mol. The molecule has 0 aromatic heterocycles. The lowest BCUT2D eigenvalue weighted by Gasteiger charge is -2.27. The molecule has 0 aliphatic rings. The third-order valence-electron chi connectivity index (χ3n) is 2.91. The molecule has 0 aliphatic heterocycles. The van der Waals surface area contributed by atoms with Crippen molar-refractivity contribution < 1.29 is 17.6 Å². The molecule has 0 saturated carbocycles. The van der Waals surface area contributed by atoms with E-state index in [9.17, 15) is 17.6 Å². The first-order valence-electron chi connectivity index (χ1n) is 5.71. The molecule has 0 N–H and O–H groups in total. The fourth-order valence-electron chi connectivity index (χ4n) is 1.76. The Morgan fingerprint density at radius 2 is 1.15 bits per heavy atom. The van der Waals surface area contributed by atoms with E-state index in [-0.39, 0.29) is 5.56 Å². The Hall–Kier alpha value is -2.35. The quantitative estimate of drug-likeness (QED) is 0.762. The van der Waals surface area contributed by atoms with E-state index >= 15 is 0 Å². The lowest BCUT2D eigenvalue weighted by Crippen LogP contribution is -2.35. The molecule has 0 fully saturated rings. The average Bonchev–Trinajstić information content (AvgIpc) is 2.48. The first-order valence-corrected chi connectivity index (χ1v) is 5.71. The zero-order valence-corrected chi connectivity index (χ0v) is 10.2. The van der Waals surface area contributed by atoms with Gasteiger partial charge in [-0.15, -0.1) is 0 Å². The van der Waals surface area contributed by atoms with E-state index in [0.717, 1.165) is 36.4 Å². The highest BCUT2D eigenvalue weighted by Crippen LogP contribution is 2.49. The minimum atomic E-state index is -4.36. The lowest BCUT2D eigenvalue weighted by molar-refractivity contribution is -0.223. The van der Waals surface area contributed by atoms with Crippen molar-refractivity contribution in [1.82, 2.24) is 0 Å². The van der Waals surface area contributed by atoms with Gasteiger partial charge in [-0.2, -0.15) is 22.8 Å². The molecule has 20 heavy (non-hydrogen) atoms. The number of rotatable bonds is 3. The molecule has 2 aromatic carbocycles. The lowest BCUT2D eigenvalue weighted by atomic mass is 9.95. The molecule has 0 bridgehead atoms. The summed E-state index contributed by atoms with van der Waals surface area (Å²) in [5.41, 5.74) is -1.45. The predicted octanol–water partition coefficient (Wildman–Crippen LogP) is 4.44. The van der Waals surface area contributed by atoms with Crippen molar-refractivity contribution in [3.05, 3.63) is 71.3 Å². The number of hydrogen-bond acceptors (Lipinski definition) is 1. The van der Waals surface area contributed by atoms with Gasteiger partial charge in [-0.25, -0.2) is 0 Å². The van der Waals surface area contributed by atoms with Gasteiger partial charge in [0.05, 0.1) is 11.6 Å². The van der Waals surface area contributed by atoms with Crippen LogP contribution in [-0.2, 0) is 11.8 Å². The molecule has 2 aromatic rings. The zero-order chi connectivity index (χ0) is 14.8. The van der Waals surface area contributed by atoms with Crippen molar-refractivity contribution in [3.8, 4) is 6.07 Å². The van der Waals surface area contributed by atoms with Gasteiger partial charge in [-0.05, 0) is 12.1 Å². The van der Waals surface area contributed by atoms with Gasteiger partial charge in [-0.3, -0.25) is 0 Å². The largest absolute Gasteiger partial charge is 0.339 e. The third kappa shape index (κ3) is 2.25. The molecule has 102 valence electrons. The normalized spacial score (nSPS) is 11.9. The van der Waals surface area contributed by atoms with Gasteiger partial charge in [0, 0.05) is 11.1 Å². The zero-order valence-electron chi connectivity index (χ0n) is 10.2. The maximum atomic E-state index is 14.0. The summed E-state index contributed by atoms with van der Waals surface area (Å²) in [6.07, 6.45) is 0. The standard InChI is InChI=1S/C15H9F4N/c16-14(17,12-4-2-1-3-5-12)15(18,19)13-8-6-11(10-20)7-9-13/h1-9H. The van der Waals surface area contributed by atoms with Crippen LogP contribution < -0.4 is 0 Å². The number of alkyl halides is 4. The monoisotopic (exact) mass is 279 g/mol. The van der Waals surface area contributed by atoms with Crippen molar-refractivity contribution in [2.75, 3.05) is 0 Å². The Labute approximate surface area is 113 Å². The Balaban J connectivity index is 2.45. The van der Waals surface area contributed by atoms with Crippen molar-refractivity contribution >= 4 is 0 Å². The molecule has 0 aliphatic carbocycles. The molecule has 5 heteroatoms. The van der Waals surface area contributed by atoms with Gasteiger partial charge < -0.3 is 0 Å². The molecule has 0 spiro atoms. The second kappa shape index (κ2) is 4.97. The van der Waals surface area contributed by atoms with Gasteiger partial charge in [0.2, 0.25) is 0 Å². The first-order chi connectivity index (χ1) is 9.39. The molecule has 0 radical (unpaired) electrons. The molecular weight excluding hydrogens is 270 g/mol. The fourth-order valence-corrected chi connectivity index (χ4v) is 1.76. The van der Waals surface area contributed by atoms with E-state index in [4.69, 9.17) is 5.26 Å². The Kier molecular flexibility index (Phi) is 3.49. The summed E-state index contributed by atoms with van der Waals surface area (Å²) in [4.78, 5) is 0. The van der Waals surface area contributed by atoms with Crippen molar-refractivity contribution in [1.29, 1.82) is 5.26 Å². The van der Waals surface area contributed by atoms with Crippen LogP contribution in [0, 0.1) is 11.3 Å². The summed E-state index contributed by atoms with van der Waals surface area (Å²) in [7, 11) is 0. The molecular formula is C15H9F4N. The number of nitrogens with zero attached hydrogens (tertiary/aromatic N) is 1. The van der Waals surface area contributed by atoms with E-state index < -0.39 is 23.0 Å². The minimum Gasteiger partial charge on any atom is -0.194 e. The molecule has 0 atom stereocenters. The van der Waals surface area contributed by atoms with Crippen molar-refractivity contribution in [2.24, 2.45) is 0 Å². The third-order valence-corrected chi connectivity index (χ3v) is 2.91. The molecule has 2 rings (SSSR count). The summed E-state index contributed by atoms with van der Waals surface area (Å²) >= 11 is 0. The summed E-state index contributed by atoms with van der Waals surface area (Å²) in [6.45, 7) is 0. The van der Waals surface area contributed by atoms with Gasteiger partial charge in [0.15, 0.2) is 0 Å². The van der Waals surface area contributed by atoms with Crippen LogP contribution in [0.25, 0.3) is 0 Å². The minimum absolute atomic E-state index is 0.132. The molecule has 0 heterocycles. The summed E-state index contributed by atoms with van der Waals surface area (Å²) in [5, 5.41) is 8.58. The molecule has 1 nitrogen and oxygen atoms in total. The Morgan fingerprint density at radius 1 is 0.700 bits per heavy atom. The van der Waals surface area contributed by atoms with Crippen molar-refractivity contribution in [2.45, 2.75) is 11.8 Å². The van der Waals surface area contributed by atoms with Gasteiger partial charge in [0.1, 0.15) is 0 Å². The Morgan fingerprint density at radius 3 is 1.60 bits per heavy atom. The van der Waals surface area contributed by atoms with Crippen LogP contribution in [-0.4, -0.2) is 0 Å². The van der Waals surface area contributed by atoms with Crippen LogP contribution in [0.3, 0.4) is 0 Å². The van der Waals surface area contributed by atoms with E-state index in [1.165, 1.54) is 18.2 Å². The van der Waals surface area contributed by atoms with Gasteiger partial charge in [0.25, 0.3) is 0 Å². The first kappa shape index (κ1) is 14.1. The second-order valence-corrected chi connectivity index (χ2v) is 4.20. The summed E-state index contributed by atoms with van der Waals surface area (Å²) in [6, 6.07) is 11.5. The van der Waals surface area contributed by atoms with E-state index in [2.05, 4.69) is 0 Å². The van der Waals surface area contributed by atoms with E-state index in [0.29, 0.717) is 0 Å². The highest BCUT2D eigenvalue weighted by atomic mass is 19.3. The van der Waals surface area contributed by atoms with Crippen LogP contribution in [0.2, 0.25) is 0 Å². The van der Waals surface area contributed by atoms with Gasteiger partial charge >= 0.3 is 11.8 Å². The van der Waals surface area contributed by atoms with Crippen LogP contribution in [0.15, 0.2) is 54.6 Å². The number of benzene rings is 2. The summed E-state index contributed by atoms with van der Waals surface area (Å²) < 4.78 is 56.0. The average molecular weight is 279 g/mol. The molecule has 0 saturated heterocycles. The van der Waals surface area contributed by atoms with Gasteiger partial charge in [-0.1, -0.05) is 42.5 Å². The number of hydrogen-bond donors (Lipinski definition) is 0. The fraction of sp³-hybridized carbons (Fsp3) is 0.133. The van der Waals surface area contributed by atoms with Crippen molar-refractivity contribution in [3.63, 3.8) is 0 Å². The molecule has 0 unspecified atom stereocenters. The Bertz CT molecular complexity index is 627. The summed E-state index contributed by atoms with van der Waals surface area (Å²) in [5.74, 6) is -8.69. The highest BCUT2D eigenvalue weighted by molar-refractivity contribution is 5.36. The van der Waals surface area contributed by atoms with E-state index in [1.807, 2.05) is 0 Å².